The molecule has 2 heterocycles. The molecule has 0 radical (unpaired) electrons. The number of nitrogens with one attached hydrogen (secondary N) is 1. The standard InChI is InChI=1S/C12H18N2O2/c15-6-1-2-7-16-12-8-11-10(9-14-12)4-3-5-13-11/h8-9,13,15H,1-7H2. The van der Waals surface area contributed by atoms with Crippen molar-refractivity contribution in [1.82, 2.24) is 4.98 Å². The van der Waals surface area contributed by atoms with Crippen LogP contribution in [0.25, 0.3) is 0 Å². The van der Waals surface area contributed by atoms with E-state index in [1.54, 1.807) is 0 Å². The summed E-state index contributed by atoms with van der Waals surface area (Å²) in [5, 5.41) is 12.0. The smallest absolute Gasteiger partial charge is 0.215 e. The minimum absolute atomic E-state index is 0.225. The highest BCUT2D eigenvalue weighted by atomic mass is 16.5. The molecule has 0 saturated carbocycles. The lowest BCUT2D eigenvalue weighted by Crippen LogP contribution is -2.12. The van der Waals surface area contributed by atoms with Gasteiger partial charge in [-0.15, -0.1) is 0 Å². The Balaban J connectivity index is 1.90. The van der Waals surface area contributed by atoms with E-state index in [-0.39, 0.29) is 6.61 Å². The van der Waals surface area contributed by atoms with Crippen LogP contribution in [0.2, 0.25) is 0 Å². The third-order valence-electron chi connectivity index (χ3n) is 2.70. The summed E-state index contributed by atoms with van der Waals surface area (Å²) in [6.07, 6.45) is 5.81. The molecule has 0 unspecified atom stereocenters. The fourth-order valence-corrected chi connectivity index (χ4v) is 1.80. The third kappa shape index (κ3) is 2.85. The molecule has 4 nitrogen and oxygen atoms in total. The summed E-state index contributed by atoms with van der Waals surface area (Å²) >= 11 is 0. The molecule has 1 aromatic rings. The Kier molecular flexibility index (Phi) is 3.99. The number of nitrogens with zero attached hydrogens (tertiary/aromatic N) is 1. The number of ether oxygens (including phenoxy) is 1. The fraction of sp³-hybridized carbons (Fsp3) is 0.583. The minimum Gasteiger partial charge on any atom is -0.478 e. The molecule has 0 aromatic carbocycles. The van der Waals surface area contributed by atoms with E-state index < -0.39 is 0 Å². The van der Waals surface area contributed by atoms with Crippen LogP contribution < -0.4 is 10.1 Å². The van der Waals surface area contributed by atoms with Crippen LogP contribution in [0.3, 0.4) is 0 Å². The Morgan fingerprint density at radius 1 is 1.44 bits per heavy atom. The highest BCUT2D eigenvalue weighted by molar-refractivity contribution is 5.54. The molecule has 16 heavy (non-hydrogen) atoms. The average Bonchev–Trinajstić information content (AvgIpc) is 2.34. The first-order valence-corrected chi connectivity index (χ1v) is 5.86. The zero-order chi connectivity index (χ0) is 11.2. The van der Waals surface area contributed by atoms with Gasteiger partial charge in [0.15, 0.2) is 0 Å². The first-order chi connectivity index (χ1) is 7.90. The van der Waals surface area contributed by atoms with E-state index in [4.69, 9.17) is 9.84 Å². The van der Waals surface area contributed by atoms with Crippen LogP contribution in [0.5, 0.6) is 5.88 Å². The van der Waals surface area contributed by atoms with Crippen molar-refractivity contribution in [3.8, 4) is 5.88 Å². The number of pyridine rings is 1. The Labute approximate surface area is 95.7 Å². The second-order valence-corrected chi connectivity index (χ2v) is 3.99. The van der Waals surface area contributed by atoms with Crippen LogP contribution in [-0.2, 0) is 6.42 Å². The second kappa shape index (κ2) is 5.70. The zero-order valence-corrected chi connectivity index (χ0v) is 9.41. The molecular weight excluding hydrogens is 204 g/mol. The average molecular weight is 222 g/mol. The molecule has 1 aliphatic heterocycles. The van der Waals surface area contributed by atoms with Crippen molar-refractivity contribution in [3.63, 3.8) is 0 Å². The van der Waals surface area contributed by atoms with Crippen LogP contribution in [0.15, 0.2) is 12.3 Å². The van der Waals surface area contributed by atoms with E-state index in [2.05, 4.69) is 10.3 Å². The summed E-state index contributed by atoms with van der Waals surface area (Å²) in [6, 6.07) is 1.97. The number of aromatic nitrogens is 1. The van der Waals surface area contributed by atoms with Crippen LogP contribution in [0, 0.1) is 0 Å². The maximum absolute atomic E-state index is 8.64. The van der Waals surface area contributed by atoms with Crippen LogP contribution in [0.4, 0.5) is 5.69 Å². The predicted molar refractivity (Wildman–Crippen MR) is 62.9 cm³/mol. The summed E-state index contributed by atoms with van der Waals surface area (Å²) in [7, 11) is 0. The lowest BCUT2D eigenvalue weighted by molar-refractivity contribution is 0.249. The van der Waals surface area contributed by atoms with Gasteiger partial charge in [0.25, 0.3) is 0 Å². The fourth-order valence-electron chi connectivity index (χ4n) is 1.80. The van der Waals surface area contributed by atoms with Crippen LogP contribution in [0.1, 0.15) is 24.8 Å². The van der Waals surface area contributed by atoms with Crippen molar-refractivity contribution in [2.24, 2.45) is 0 Å². The number of anilines is 1. The van der Waals surface area contributed by atoms with Gasteiger partial charge >= 0.3 is 0 Å². The lowest BCUT2D eigenvalue weighted by atomic mass is 10.1. The monoisotopic (exact) mass is 222 g/mol. The van der Waals surface area contributed by atoms with Gasteiger partial charge in [-0.05, 0) is 31.2 Å². The van der Waals surface area contributed by atoms with E-state index in [1.165, 1.54) is 12.0 Å². The number of aliphatic hydroxyl groups is 1. The highest BCUT2D eigenvalue weighted by Gasteiger charge is 2.09. The minimum atomic E-state index is 0.225. The predicted octanol–water partition coefficient (Wildman–Crippen LogP) is 1.59. The maximum atomic E-state index is 8.64. The van der Waals surface area contributed by atoms with Gasteiger partial charge in [-0.1, -0.05) is 0 Å². The first kappa shape index (κ1) is 11.2. The molecule has 88 valence electrons. The van der Waals surface area contributed by atoms with Gasteiger partial charge in [0.05, 0.1) is 6.61 Å². The normalized spacial score (nSPS) is 14.1. The largest absolute Gasteiger partial charge is 0.478 e. The number of unbranched alkanes of at least 4 members (excludes halogenated alkanes) is 1. The van der Waals surface area contributed by atoms with Crippen LogP contribution >= 0.6 is 0 Å². The van der Waals surface area contributed by atoms with E-state index in [9.17, 15) is 0 Å². The Morgan fingerprint density at radius 2 is 2.38 bits per heavy atom. The SMILES string of the molecule is OCCCCOc1cc2c(cn1)CCCN2. The zero-order valence-electron chi connectivity index (χ0n) is 9.41. The van der Waals surface area contributed by atoms with E-state index in [1.807, 2.05) is 12.3 Å². The van der Waals surface area contributed by atoms with Crippen molar-refractivity contribution in [1.29, 1.82) is 0 Å². The quantitative estimate of drug-likeness (QED) is 0.743. The van der Waals surface area contributed by atoms with Crippen molar-refractivity contribution in [3.05, 3.63) is 17.8 Å². The van der Waals surface area contributed by atoms with Gasteiger partial charge < -0.3 is 15.2 Å². The number of aryl methyl sites for hydroxylation is 1. The number of fused-ring (bicyclic) bond motifs is 1. The summed E-state index contributed by atoms with van der Waals surface area (Å²) in [6.45, 7) is 1.87. The van der Waals surface area contributed by atoms with E-state index in [0.717, 1.165) is 31.5 Å². The number of hydrogen-bond acceptors (Lipinski definition) is 4. The molecule has 0 spiro atoms. The summed E-state index contributed by atoms with van der Waals surface area (Å²) in [4.78, 5) is 4.26. The van der Waals surface area contributed by atoms with Crippen molar-refractivity contribution in [2.75, 3.05) is 25.1 Å². The van der Waals surface area contributed by atoms with Crippen LogP contribution in [-0.4, -0.2) is 29.8 Å². The van der Waals surface area contributed by atoms with Gasteiger partial charge in [0.2, 0.25) is 5.88 Å². The molecule has 0 amide bonds. The highest BCUT2D eigenvalue weighted by Crippen LogP contribution is 2.24. The van der Waals surface area contributed by atoms with E-state index in [0.29, 0.717) is 12.5 Å². The molecule has 2 rings (SSSR count). The molecule has 0 bridgehead atoms. The van der Waals surface area contributed by atoms with Crippen molar-refractivity contribution >= 4 is 5.69 Å². The van der Waals surface area contributed by atoms with Crippen molar-refractivity contribution < 1.29 is 9.84 Å². The Hall–Kier alpha value is -1.29. The number of aliphatic hydroxyl groups excluding tert-OH is 1. The number of rotatable bonds is 5. The Bertz CT molecular complexity index is 342. The molecule has 4 heteroatoms. The van der Waals surface area contributed by atoms with Crippen molar-refractivity contribution in [2.45, 2.75) is 25.7 Å². The lowest BCUT2D eigenvalue weighted by Gasteiger charge is -2.18. The van der Waals surface area contributed by atoms with Gasteiger partial charge in [-0.25, -0.2) is 4.98 Å². The molecule has 0 saturated heterocycles. The van der Waals surface area contributed by atoms with E-state index >= 15 is 0 Å². The third-order valence-corrected chi connectivity index (χ3v) is 2.70. The van der Waals surface area contributed by atoms with Gasteiger partial charge in [-0.2, -0.15) is 0 Å². The molecule has 1 aromatic heterocycles. The molecule has 1 aliphatic rings. The molecule has 2 N–H and O–H groups in total. The topological polar surface area (TPSA) is 54.4 Å². The first-order valence-electron chi connectivity index (χ1n) is 5.86. The summed E-state index contributed by atoms with van der Waals surface area (Å²) in [5.41, 5.74) is 2.42. The molecular formula is C12H18N2O2. The Morgan fingerprint density at radius 3 is 3.25 bits per heavy atom. The van der Waals surface area contributed by atoms with Gasteiger partial charge in [0.1, 0.15) is 0 Å². The van der Waals surface area contributed by atoms with Gasteiger partial charge in [-0.3, -0.25) is 0 Å². The molecule has 0 atom stereocenters. The number of hydrogen-bond donors (Lipinski definition) is 2. The second-order valence-electron chi connectivity index (χ2n) is 3.99. The molecule has 0 aliphatic carbocycles. The maximum Gasteiger partial charge on any atom is 0.215 e. The summed E-state index contributed by atoms with van der Waals surface area (Å²) < 4.78 is 5.51. The molecule has 0 fully saturated rings. The van der Waals surface area contributed by atoms with Gasteiger partial charge in [0, 0.05) is 31.1 Å². The summed E-state index contributed by atoms with van der Waals surface area (Å²) in [5.74, 6) is 0.672.